The van der Waals surface area contributed by atoms with Crippen LogP contribution in [0.5, 0.6) is 5.75 Å². The second-order valence-corrected chi connectivity index (χ2v) is 12.4. The third-order valence-corrected chi connectivity index (χ3v) is 7.23. The average Bonchev–Trinajstić information content (AvgIpc) is 2.89. The number of sulfonamides is 1. The lowest BCUT2D eigenvalue weighted by molar-refractivity contribution is -0.140. The van der Waals surface area contributed by atoms with Crippen LogP contribution in [0.15, 0.2) is 78.9 Å². The Balaban J connectivity index is 2.11. The molecule has 0 saturated heterocycles. The van der Waals surface area contributed by atoms with Gasteiger partial charge in [0.25, 0.3) is 0 Å². The number of nitrogens with zero attached hydrogens (tertiary/aromatic N) is 2. The molecule has 1 N–H and O–H groups in total. The number of methoxy groups -OCH3 is 1. The van der Waals surface area contributed by atoms with Gasteiger partial charge in [-0.15, -0.1) is 0 Å². The molecule has 0 aromatic heterocycles. The Kier molecular flexibility index (Phi) is 9.92. The molecule has 0 aliphatic rings. The van der Waals surface area contributed by atoms with Crippen molar-refractivity contribution in [2.75, 3.05) is 24.2 Å². The molecule has 0 aliphatic heterocycles. The Bertz CT molecular complexity index is 1420. The molecule has 10 heteroatoms. The lowest BCUT2D eigenvalue weighted by atomic mass is 10.0. The summed E-state index contributed by atoms with van der Waals surface area (Å²) in [5.41, 5.74) is 0.535. The maximum Gasteiger partial charge on any atom is 0.244 e. The number of nitrogens with one attached hydrogen (secondary N) is 1. The van der Waals surface area contributed by atoms with Crippen molar-refractivity contribution in [3.05, 3.63) is 95.8 Å². The summed E-state index contributed by atoms with van der Waals surface area (Å²) in [6.07, 6.45) is 1.12. The number of rotatable bonds is 11. The Morgan fingerprint density at radius 3 is 2.15 bits per heavy atom. The van der Waals surface area contributed by atoms with Gasteiger partial charge in [-0.25, -0.2) is 12.8 Å². The van der Waals surface area contributed by atoms with Crippen LogP contribution in [0.3, 0.4) is 0 Å². The Morgan fingerprint density at radius 2 is 1.55 bits per heavy atom. The van der Waals surface area contributed by atoms with Crippen LogP contribution in [-0.2, 0) is 32.6 Å². The number of amides is 2. The molecule has 1 unspecified atom stereocenters. The Hall–Kier alpha value is -3.92. The lowest BCUT2D eigenvalue weighted by Crippen LogP contribution is -2.56. The number of hydrogen-bond donors (Lipinski definition) is 1. The van der Waals surface area contributed by atoms with Gasteiger partial charge < -0.3 is 15.0 Å². The summed E-state index contributed by atoms with van der Waals surface area (Å²) in [6.45, 7) is 4.59. The summed E-state index contributed by atoms with van der Waals surface area (Å²) in [5, 5.41) is 2.93. The molecule has 40 heavy (non-hydrogen) atoms. The molecule has 3 rings (SSSR count). The van der Waals surface area contributed by atoms with E-state index in [2.05, 4.69) is 5.32 Å². The molecule has 0 saturated carbocycles. The van der Waals surface area contributed by atoms with E-state index < -0.39 is 45.8 Å². The summed E-state index contributed by atoms with van der Waals surface area (Å²) >= 11 is 0. The summed E-state index contributed by atoms with van der Waals surface area (Å²) in [7, 11) is -2.56. The largest absolute Gasteiger partial charge is 0.495 e. The zero-order chi connectivity index (χ0) is 29.5. The van der Waals surface area contributed by atoms with Gasteiger partial charge in [-0.05, 0) is 44.5 Å². The zero-order valence-electron chi connectivity index (χ0n) is 23.4. The van der Waals surface area contributed by atoms with E-state index in [-0.39, 0.29) is 30.0 Å². The average molecular weight is 570 g/mol. The topological polar surface area (TPSA) is 96.0 Å². The first kappa shape index (κ1) is 30.6. The highest BCUT2D eigenvalue weighted by atomic mass is 32.2. The van der Waals surface area contributed by atoms with Crippen molar-refractivity contribution in [3.63, 3.8) is 0 Å². The van der Waals surface area contributed by atoms with Gasteiger partial charge in [0.2, 0.25) is 21.8 Å². The Morgan fingerprint density at radius 1 is 0.950 bits per heavy atom. The standard InChI is InChI=1S/C30H36FN3O5S/c1-30(2,3)32-29(36)26(19-22-13-7-6-8-14-22)33(20-23-15-9-10-16-24(23)31)28(35)21-34(40(5,37)38)25-17-11-12-18-27(25)39-4/h6-18,26H,19-21H2,1-5H3,(H,32,36). The van der Waals surface area contributed by atoms with E-state index in [9.17, 15) is 22.4 Å². The van der Waals surface area contributed by atoms with E-state index in [1.807, 2.05) is 51.1 Å². The molecule has 0 fully saturated rings. The van der Waals surface area contributed by atoms with Crippen LogP contribution < -0.4 is 14.4 Å². The monoisotopic (exact) mass is 569 g/mol. The number of halogens is 1. The van der Waals surface area contributed by atoms with Crippen LogP contribution in [0.25, 0.3) is 0 Å². The first-order chi connectivity index (χ1) is 18.8. The smallest absolute Gasteiger partial charge is 0.244 e. The summed E-state index contributed by atoms with van der Waals surface area (Å²) < 4.78 is 46.9. The molecule has 0 spiro atoms. The molecule has 3 aromatic rings. The van der Waals surface area contributed by atoms with Crippen molar-refractivity contribution in [1.82, 2.24) is 10.2 Å². The highest BCUT2D eigenvalue weighted by Crippen LogP contribution is 2.30. The number of ether oxygens (including phenoxy) is 1. The van der Waals surface area contributed by atoms with Crippen molar-refractivity contribution in [2.45, 2.75) is 45.3 Å². The van der Waals surface area contributed by atoms with Gasteiger partial charge in [0.15, 0.2) is 0 Å². The van der Waals surface area contributed by atoms with E-state index in [4.69, 9.17) is 4.74 Å². The molecule has 0 heterocycles. The van der Waals surface area contributed by atoms with Crippen LogP contribution in [0.1, 0.15) is 31.9 Å². The first-order valence-corrected chi connectivity index (χ1v) is 14.6. The molecule has 1 atom stereocenters. The molecule has 8 nitrogen and oxygen atoms in total. The minimum absolute atomic E-state index is 0.135. The van der Waals surface area contributed by atoms with E-state index in [1.54, 1.807) is 24.3 Å². The maximum absolute atomic E-state index is 14.8. The third kappa shape index (κ3) is 8.29. The van der Waals surface area contributed by atoms with Crippen LogP contribution in [0.2, 0.25) is 0 Å². The Labute approximate surface area is 235 Å². The van der Waals surface area contributed by atoms with Gasteiger partial charge >= 0.3 is 0 Å². The van der Waals surface area contributed by atoms with Gasteiger partial charge in [-0.1, -0.05) is 60.7 Å². The molecule has 214 valence electrons. The highest BCUT2D eigenvalue weighted by Gasteiger charge is 2.35. The normalized spacial score (nSPS) is 12.3. The van der Waals surface area contributed by atoms with Crippen LogP contribution in [0.4, 0.5) is 10.1 Å². The van der Waals surface area contributed by atoms with Crippen molar-refractivity contribution in [1.29, 1.82) is 0 Å². The van der Waals surface area contributed by atoms with Crippen molar-refractivity contribution in [2.24, 2.45) is 0 Å². The molecule has 0 bridgehead atoms. The fourth-order valence-corrected chi connectivity index (χ4v) is 5.10. The zero-order valence-corrected chi connectivity index (χ0v) is 24.2. The minimum Gasteiger partial charge on any atom is -0.495 e. The number of hydrogen-bond acceptors (Lipinski definition) is 5. The maximum atomic E-state index is 14.8. The SMILES string of the molecule is COc1ccccc1N(CC(=O)N(Cc1ccccc1F)C(Cc1ccccc1)C(=O)NC(C)(C)C)S(C)(=O)=O. The van der Waals surface area contributed by atoms with Gasteiger partial charge in [0, 0.05) is 24.1 Å². The van der Waals surface area contributed by atoms with E-state index in [1.165, 1.54) is 36.3 Å². The minimum atomic E-state index is -3.96. The molecule has 0 aliphatic carbocycles. The molecule has 3 aromatic carbocycles. The van der Waals surface area contributed by atoms with Gasteiger partial charge in [-0.2, -0.15) is 0 Å². The molecule has 0 radical (unpaired) electrons. The van der Waals surface area contributed by atoms with Crippen molar-refractivity contribution < 1.29 is 27.1 Å². The van der Waals surface area contributed by atoms with Crippen LogP contribution in [0, 0.1) is 5.82 Å². The van der Waals surface area contributed by atoms with Gasteiger partial charge in [0.1, 0.15) is 24.2 Å². The van der Waals surface area contributed by atoms with E-state index >= 15 is 0 Å². The molecular formula is C30H36FN3O5S. The highest BCUT2D eigenvalue weighted by molar-refractivity contribution is 7.92. The molecular weight excluding hydrogens is 533 g/mol. The quantitative estimate of drug-likeness (QED) is 0.374. The number of para-hydroxylation sites is 2. The number of carbonyl (C=O) groups excluding carboxylic acids is 2. The van der Waals surface area contributed by atoms with Crippen LogP contribution >= 0.6 is 0 Å². The summed E-state index contributed by atoms with van der Waals surface area (Å²) in [6, 6.07) is 20.5. The second kappa shape index (κ2) is 13.0. The fourth-order valence-electron chi connectivity index (χ4n) is 4.25. The second-order valence-electron chi connectivity index (χ2n) is 10.5. The number of benzene rings is 3. The third-order valence-electron chi connectivity index (χ3n) is 6.10. The van der Waals surface area contributed by atoms with Crippen molar-refractivity contribution in [3.8, 4) is 5.75 Å². The predicted octanol–water partition coefficient (Wildman–Crippen LogP) is 4.16. The van der Waals surface area contributed by atoms with Crippen molar-refractivity contribution >= 4 is 27.5 Å². The van der Waals surface area contributed by atoms with E-state index in [0.29, 0.717) is 0 Å². The number of carbonyl (C=O) groups is 2. The predicted molar refractivity (Wildman–Crippen MR) is 154 cm³/mol. The fraction of sp³-hybridized carbons (Fsp3) is 0.333. The summed E-state index contributed by atoms with van der Waals surface area (Å²) in [5.74, 6) is -1.40. The van der Waals surface area contributed by atoms with E-state index in [0.717, 1.165) is 16.1 Å². The number of anilines is 1. The van der Waals surface area contributed by atoms with Crippen LogP contribution in [-0.4, -0.2) is 56.6 Å². The van der Waals surface area contributed by atoms with Gasteiger partial charge in [0.05, 0.1) is 19.1 Å². The lowest BCUT2D eigenvalue weighted by Gasteiger charge is -2.35. The summed E-state index contributed by atoms with van der Waals surface area (Å²) in [4.78, 5) is 29.0. The van der Waals surface area contributed by atoms with Gasteiger partial charge in [-0.3, -0.25) is 13.9 Å². The first-order valence-electron chi connectivity index (χ1n) is 12.8. The molecule has 2 amide bonds.